The Labute approximate surface area is 187 Å². The zero-order chi connectivity index (χ0) is 19.7. The summed E-state index contributed by atoms with van der Waals surface area (Å²) in [5.74, 6) is 1.63. The van der Waals surface area contributed by atoms with Gasteiger partial charge >= 0.3 is 0 Å². The molecule has 1 aromatic carbocycles. The van der Waals surface area contributed by atoms with Crippen LogP contribution in [0.4, 0.5) is 5.69 Å². The van der Waals surface area contributed by atoms with Gasteiger partial charge in [-0.05, 0) is 39.1 Å². The van der Waals surface area contributed by atoms with Crippen molar-refractivity contribution in [2.24, 2.45) is 4.99 Å². The molecule has 0 saturated carbocycles. The molecule has 8 heteroatoms. The normalized spacial score (nSPS) is 11.2. The Morgan fingerprint density at radius 1 is 1.07 bits per heavy atom. The highest BCUT2D eigenvalue weighted by Gasteiger charge is 2.02. The fourth-order valence-corrected chi connectivity index (χ4v) is 2.39. The maximum absolute atomic E-state index is 5.75. The van der Waals surface area contributed by atoms with Crippen molar-refractivity contribution in [2.75, 3.05) is 72.6 Å². The van der Waals surface area contributed by atoms with E-state index < -0.39 is 0 Å². The summed E-state index contributed by atoms with van der Waals surface area (Å²) in [6, 6.07) is 7.92. The summed E-state index contributed by atoms with van der Waals surface area (Å²) < 4.78 is 15.9. The molecule has 162 valence electrons. The lowest BCUT2D eigenvalue weighted by molar-refractivity contribution is 0.161. The van der Waals surface area contributed by atoms with E-state index in [0.717, 1.165) is 63.0 Å². The number of likely N-dealkylation sites (N-methyl/N-ethyl adjacent to an activating group) is 1. The molecular formula is C20H37IN4O3. The fraction of sp³-hybridized carbons (Fsp3) is 0.650. The van der Waals surface area contributed by atoms with Gasteiger partial charge in [-0.3, -0.25) is 4.99 Å². The number of nitrogens with one attached hydrogen (secondary N) is 2. The highest BCUT2D eigenvalue weighted by atomic mass is 127. The van der Waals surface area contributed by atoms with Gasteiger partial charge in [0.25, 0.3) is 0 Å². The summed E-state index contributed by atoms with van der Waals surface area (Å²) in [5.41, 5.74) is 0.955. The third-order valence-corrected chi connectivity index (χ3v) is 3.85. The molecule has 0 amide bonds. The Bertz CT molecular complexity index is 532. The molecule has 0 aromatic heterocycles. The molecule has 0 unspecified atom stereocenters. The predicted octanol–water partition coefficient (Wildman–Crippen LogP) is 3.07. The lowest BCUT2D eigenvalue weighted by atomic mass is 10.3. The van der Waals surface area contributed by atoms with Gasteiger partial charge in [0.1, 0.15) is 5.75 Å². The number of aliphatic imine (C=N–C) groups is 1. The molecule has 0 fully saturated rings. The predicted molar refractivity (Wildman–Crippen MR) is 127 cm³/mol. The van der Waals surface area contributed by atoms with E-state index in [1.165, 1.54) is 0 Å². The average molecular weight is 508 g/mol. The molecule has 0 aliphatic heterocycles. The molecule has 0 spiro atoms. The number of ether oxygens (including phenoxy) is 3. The van der Waals surface area contributed by atoms with E-state index in [4.69, 9.17) is 14.2 Å². The van der Waals surface area contributed by atoms with E-state index in [9.17, 15) is 0 Å². The van der Waals surface area contributed by atoms with Crippen LogP contribution in [0.15, 0.2) is 29.3 Å². The third kappa shape index (κ3) is 13.1. The molecule has 0 radical (unpaired) electrons. The second-order valence-corrected chi connectivity index (χ2v) is 6.26. The number of methoxy groups -OCH3 is 2. The quantitative estimate of drug-likeness (QED) is 0.174. The number of rotatable bonds is 14. The van der Waals surface area contributed by atoms with Crippen LogP contribution in [0.5, 0.6) is 5.75 Å². The molecule has 2 N–H and O–H groups in total. The van der Waals surface area contributed by atoms with E-state index in [1.807, 2.05) is 24.3 Å². The molecule has 28 heavy (non-hydrogen) atoms. The van der Waals surface area contributed by atoms with E-state index in [1.54, 1.807) is 14.2 Å². The number of nitrogens with zero attached hydrogens (tertiary/aromatic N) is 2. The van der Waals surface area contributed by atoms with Crippen molar-refractivity contribution in [3.63, 3.8) is 0 Å². The van der Waals surface area contributed by atoms with Crippen LogP contribution in [0.1, 0.15) is 19.8 Å². The van der Waals surface area contributed by atoms with Crippen LogP contribution in [-0.4, -0.2) is 78.1 Å². The molecule has 0 aliphatic rings. The monoisotopic (exact) mass is 508 g/mol. The number of anilines is 1. The topological polar surface area (TPSA) is 67.4 Å². The molecule has 1 aromatic rings. The lowest BCUT2D eigenvalue weighted by Gasteiger charge is -2.16. The van der Waals surface area contributed by atoms with E-state index in [-0.39, 0.29) is 24.0 Å². The Morgan fingerprint density at radius 2 is 1.86 bits per heavy atom. The van der Waals surface area contributed by atoms with E-state index in [2.05, 4.69) is 34.5 Å². The number of hydrogen-bond acceptors (Lipinski definition) is 5. The molecule has 0 saturated heterocycles. The van der Waals surface area contributed by atoms with Gasteiger partial charge in [-0.15, -0.1) is 24.0 Å². The summed E-state index contributed by atoms with van der Waals surface area (Å²) in [6.07, 6.45) is 1.87. The van der Waals surface area contributed by atoms with Gasteiger partial charge in [0.05, 0.1) is 13.2 Å². The van der Waals surface area contributed by atoms with Crippen molar-refractivity contribution in [1.82, 2.24) is 10.2 Å². The zero-order valence-electron chi connectivity index (χ0n) is 17.7. The maximum Gasteiger partial charge on any atom is 0.195 e. The lowest BCUT2D eigenvalue weighted by Crippen LogP contribution is -2.31. The van der Waals surface area contributed by atoms with Crippen LogP contribution in [0.3, 0.4) is 0 Å². The van der Waals surface area contributed by atoms with Crippen LogP contribution in [0, 0.1) is 0 Å². The van der Waals surface area contributed by atoms with Crippen molar-refractivity contribution in [2.45, 2.75) is 19.8 Å². The number of halogens is 1. The summed E-state index contributed by atoms with van der Waals surface area (Å²) in [6.45, 7) is 7.68. The van der Waals surface area contributed by atoms with Gasteiger partial charge in [0.15, 0.2) is 5.96 Å². The number of hydrogen-bond donors (Lipinski definition) is 2. The van der Waals surface area contributed by atoms with Gasteiger partial charge in [0.2, 0.25) is 0 Å². The van der Waals surface area contributed by atoms with Gasteiger partial charge in [0, 0.05) is 58.6 Å². The summed E-state index contributed by atoms with van der Waals surface area (Å²) in [5, 5.41) is 6.63. The number of benzene rings is 1. The molecule has 1 rings (SSSR count). The minimum Gasteiger partial charge on any atom is -0.493 e. The van der Waals surface area contributed by atoms with Crippen molar-refractivity contribution >= 4 is 35.6 Å². The fourth-order valence-electron chi connectivity index (χ4n) is 2.39. The van der Waals surface area contributed by atoms with E-state index >= 15 is 0 Å². The minimum atomic E-state index is 0. The first kappa shape index (κ1) is 26.9. The molecule has 0 bridgehead atoms. The van der Waals surface area contributed by atoms with E-state index in [0.29, 0.717) is 13.2 Å². The minimum absolute atomic E-state index is 0. The molecular weight excluding hydrogens is 471 g/mol. The molecule has 0 atom stereocenters. The standard InChI is InChI=1S/C20H36N4O3.HI/c1-5-21-20(22-11-7-12-24(2)13-16-26-4)23-18-9-6-10-19(17-18)27-15-8-14-25-3;/h6,9-10,17H,5,7-8,11-16H2,1-4H3,(H2,21,22,23);1H. The molecule has 0 aliphatic carbocycles. The maximum atomic E-state index is 5.75. The van der Waals surface area contributed by atoms with Gasteiger partial charge in [-0.25, -0.2) is 0 Å². The Hall–Kier alpha value is -1.10. The third-order valence-electron chi connectivity index (χ3n) is 3.85. The van der Waals surface area contributed by atoms with Crippen LogP contribution in [0.2, 0.25) is 0 Å². The zero-order valence-corrected chi connectivity index (χ0v) is 20.0. The van der Waals surface area contributed by atoms with Crippen molar-refractivity contribution in [3.05, 3.63) is 24.3 Å². The summed E-state index contributed by atoms with van der Waals surface area (Å²) >= 11 is 0. The van der Waals surface area contributed by atoms with Crippen molar-refractivity contribution in [1.29, 1.82) is 0 Å². The number of guanidine groups is 1. The Balaban J connectivity index is 0.00000729. The van der Waals surface area contributed by atoms with Gasteiger partial charge in [-0.2, -0.15) is 0 Å². The summed E-state index contributed by atoms with van der Waals surface area (Å²) in [4.78, 5) is 6.91. The first-order valence-electron chi connectivity index (χ1n) is 9.64. The molecule has 7 nitrogen and oxygen atoms in total. The Kier molecular flexibility index (Phi) is 17.3. The first-order valence-corrected chi connectivity index (χ1v) is 9.64. The second kappa shape index (κ2) is 18.0. The Morgan fingerprint density at radius 3 is 2.57 bits per heavy atom. The average Bonchev–Trinajstić information content (AvgIpc) is 2.67. The molecule has 0 heterocycles. The van der Waals surface area contributed by atoms with Gasteiger partial charge < -0.3 is 29.7 Å². The summed E-state index contributed by atoms with van der Waals surface area (Å²) in [7, 11) is 5.53. The SMILES string of the molecule is CCNC(=NCCCN(C)CCOC)Nc1cccc(OCCCOC)c1.I. The largest absolute Gasteiger partial charge is 0.493 e. The van der Waals surface area contributed by atoms with Crippen LogP contribution in [0.25, 0.3) is 0 Å². The van der Waals surface area contributed by atoms with Crippen LogP contribution in [-0.2, 0) is 9.47 Å². The van der Waals surface area contributed by atoms with Gasteiger partial charge in [-0.1, -0.05) is 6.07 Å². The van der Waals surface area contributed by atoms with Crippen molar-refractivity contribution < 1.29 is 14.2 Å². The highest BCUT2D eigenvalue weighted by molar-refractivity contribution is 14.0. The van der Waals surface area contributed by atoms with Crippen LogP contribution < -0.4 is 15.4 Å². The second-order valence-electron chi connectivity index (χ2n) is 6.26. The van der Waals surface area contributed by atoms with Crippen LogP contribution >= 0.6 is 24.0 Å². The highest BCUT2D eigenvalue weighted by Crippen LogP contribution is 2.17. The van der Waals surface area contributed by atoms with Crippen molar-refractivity contribution in [3.8, 4) is 5.75 Å². The smallest absolute Gasteiger partial charge is 0.195 e. The first-order chi connectivity index (χ1) is 13.2.